The van der Waals surface area contributed by atoms with Gasteiger partial charge in [0.05, 0.1) is 0 Å². The minimum Gasteiger partial charge on any atom is -0.383 e. The number of benzene rings is 1. The number of nitriles is 1. The second kappa shape index (κ2) is 5.17. The normalized spacial score (nSPS) is 17.1. The van der Waals surface area contributed by atoms with Gasteiger partial charge in [-0.15, -0.1) is 0 Å². The molecule has 1 heterocycles. The first-order valence-corrected chi connectivity index (χ1v) is 7.07. The van der Waals surface area contributed by atoms with Crippen molar-refractivity contribution in [2.45, 2.75) is 26.2 Å². The molecule has 21 heavy (non-hydrogen) atoms. The lowest BCUT2D eigenvalue weighted by atomic mass is 9.82. The summed E-state index contributed by atoms with van der Waals surface area (Å²) in [5.74, 6) is 0.455. The lowest BCUT2D eigenvalue weighted by Gasteiger charge is -2.25. The fourth-order valence-corrected chi connectivity index (χ4v) is 3.03. The molecule has 4 heteroatoms. The lowest BCUT2D eigenvalue weighted by Crippen LogP contribution is -2.16. The number of nitrogens with zero attached hydrogens (tertiary/aromatic N) is 2. The van der Waals surface area contributed by atoms with Crippen LogP contribution in [0.4, 0.5) is 10.2 Å². The molecule has 1 atom stereocenters. The molecular weight excluding hydrogens is 265 g/mol. The van der Waals surface area contributed by atoms with Crippen LogP contribution < -0.4 is 5.73 Å². The second-order valence-electron chi connectivity index (χ2n) is 5.64. The Kier molecular flexibility index (Phi) is 3.34. The molecule has 0 spiro atoms. The molecule has 0 saturated heterocycles. The number of fused-ring (bicyclic) bond motifs is 1. The Hall–Kier alpha value is -2.41. The summed E-state index contributed by atoms with van der Waals surface area (Å²) in [5.41, 5.74) is 9.74. The van der Waals surface area contributed by atoms with Crippen LogP contribution in [0.15, 0.2) is 24.3 Å². The van der Waals surface area contributed by atoms with E-state index in [4.69, 9.17) is 5.73 Å². The monoisotopic (exact) mass is 281 g/mol. The van der Waals surface area contributed by atoms with Crippen LogP contribution in [0.2, 0.25) is 0 Å². The van der Waals surface area contributed by atoms with Crippen LogP contribution in [0.25, 0.3) is 11.1 Å². The summed E-state index contributed by atoms with van der Waals surface area (Å²) in [7, 11) is 0. The Morgan fingerprint density at radius 1 is 1.43 bits per heavy atom. The van der Waals surface area contributed by atoms with E-state index < -0.39 is 0 Å². The van der Waals surface area contributed by atoms with E-state index >= 15 is 0 Å². The third kappa shape index (κ3) is 2.36. The van der Waals surface area contributed by atoms with Crippen molar-refractivity contribution in [3.8, 4) is 17.2 Å². The first-order valence-electron chi connectivity index (χ1n) is 7.07. The molecule has 0 amide bonds. The maximum absolute atomic E-state index is 13.6. The standard InChI is InChI=1S/C17H16FN3/c1-10-5-6-15-13(7-10)16(14(9-19)17(20)21-15)11-3-2-4-12(18)8-11/h2-4,8,10H,5-7H2,1H3,(H2,20,21). The maximum atomic E-state index is 13.6. The van der Waals surface area contributed by atoms with E-state index in [1.54, 1.807) is 6.07 Å². The molecule has 0 radical (unpaired) electrons. The number of anilines is 1. The van der Waals surface area contributed by atoms with Crippen molar-refractivity contribution in [1.82, 2.24) is 4.98 Å². The zero-order valence-corrected chi connectivity index (χ0v) is 11.9. The number of nitrogens with two attached hydrogens (primary N) is 1. The van der Waals surface area contributed by atoms with Crippen LogP contribution in [0.3, 0.4) is 0 Å². The molecule has 2 aromatic rings. The second-order valence-corrected chi connectivity index (χ2v) is 5.64. The van der Waals surface area contributed by atoms with E-state index in [-0.39, 0.29) is 11.6 Å². The third-order valence-corrected chi connectivity index (χ3v) is 4.06. The molecule has 3 rings (SSSR count). The van der Waals surface area contributed by atoms with Gasteiger partial charge in [-0.1, -0.05) is 19.1 Å². The summed E-state index contributed by atoms with van der Waals surface area (Å²) < 4.78 is 13.6. The van der Waals surface area contributed by atoms with Crippen molar-refractivity contribution in [3.05, 3.63) is 46.9 Å². The minimum absolute atomic E-state index is 0.241. The van der Waals surface area contributed by atoms with E-state index in [0.717, 1.165) is 36.1 Å². The Labute approximate surface area is 123 Å². The van der Waals surface area contributed by atoms with Crippen molar-refractivity contribution < 1.29 is 4.39 Å². The summed E-state index contributed by atoms with van der Waals surface area (Å²) in [5, 5.41) is 9.43. The molecule has 1 aliphatic rings. The van der Waals surface area contributed by atoms with Gasteiger partial charge in [-0.05, 0) is 48.4 Å². The topological polar surface area (TPSA) is 62.7 Å². The van der Waals surface area contributed by atoms with E-state index in [1.165, 1.54) is 12.1 Å². The van der Waals surface area contributed by atoms with Crippen molar-refractivity contribution >= 4 is 5.82 Å². The van der Waals surface area contributed by atoms with Crippen LogP contribution >= 0.6 is 0 Å². The van der Waals surface area contributed by atoms with E-state index in [2.05, 4.69) is 18.0 Å². The van der Waals surface area contributed by atoms with Gasteiger partial charge in [-0.3, -0.25) is 0 Å². The van der Waals surface area contributed by atoms with Crippen LogP contribution in [0.5, 0.6) is 0 Å². The van der Waals surface area contributed by atoms with E-state index in [0.29, 0.717) is 17.0 Å². The molecule has 0 bridgehead atoms. The van der Waals surface area contributed by atoms with Crippen molar-refractivity contribution in [2.75, 3.05) is 5.73 Å². The maximum Gasteiger partial charge on any atom is 0.142 e. The Morgan fingerprint density at radius 2 is 2.24 bits per heavy atom. The zero-order valence-electron chi connectivity index (χ0n) is 11.9. The van der Waals surface area contributed by atoms with E-state index in [9.17, 15) is 9.65 Å². The highest BCUT2D eigenvalue weighted by atomic mass is 19.1. The number of aromatic nitrogens is 1. The SMILES string of the molecule is CC1CCc2nc(N)c(C#N)c(-c3cccc(F)c3)c2C1. The summed E-state index contributed by atoms with van der Waals surface area (Å²) in [4.78, 5) is 4.39. The molecule has 1 aliphatic carbocycles. The van der Waals surface area contributed by atoms with Gasteiger partial charge in [0, 0.05) is 11.3 Å². The Balaban J connectivity index is 2.31. The lowest BCUT2D eigenvalue weighted by molar-refractivity contribution is 0.495. The van der Waals surface area contributed by atoms with Gasteiger partial charge >= 0.3 is 0 Å². The van der Waals surface area contributed by atoms with E-state index in [1.807, 2.05) is 6.07 Å². The smallest absolute Gasteiger partial charge is 0.142 e. The highest BCUT2D eigenvalue weighted by Crippen LogP contribution is 2.37. The van der Waals surface area contributed by atoms with Gasteiger partial charge in [0.1, 0.15) is 23.3 Å². The van der Waals surface area contributed by atoms with Gasteiger partial charge in [-0.2, -0.15) is 5.26 Å². The van der Waals surface area contributed by atoms with Gasteiger partial charge in [0.2, 0.25) is 0 Å². The molecule has 0 fully saturated rings. The largest absolute Gasteiger partial charge is 0.383 e. The molecule has 106 valence electrons. The minimum atomic E-state index is -0.315. The van der Waals surface area contributed by atoms with Crippen LogP contribution in [-0.4, -0.2) is 4.98 Å². The van der Waals surface area contributed by atoms with Gasteiger partial charge in [0.25, 0.3) is 0 Å². The third-order valence-electron chi connectivity index (χ3n) is 4.06. The van der Waals surface area contributed by atoms with Gasteiger partial charge < -0.3 is 5.73 Å². The van der Waals surface area contributed by atoms with Crippen molar-refractivity contribution in [3.63, 3.8) is 0 Å². The first-order chi connectivity index (χ1) is 10.1. The number of halogens is 1. The zero-order chi connectivity index (χ0) is 15.0. The molecule has 3 nitrogen and oxygen atoms in total. The summed E-state index contributed by atoms with van der Waals surface area (Å²) in [6.45, 7) is 2.18. The quantitative estimate of drug-likeness (QED) is 0.870. The van der Waals surface area contributed by atoms with Gasteiger partial charge in [-0.25, -0.2) is 9.37 Å². The number of aryl methyl sites for hydroxylation is 1. The van der Waals surface area contributed by atoms with Crippen molar-refractivity contribution in [2.24, 2.45) is 5.92 Å². The average Bonchev–Trinajstić information content (AvgIpc) is 2.46. The molecule has 1 aromatic heterocycles. The summed E-state index contributed by atoms with van der Waals surface area (Å²) in [6.07, 6.45) is 2.77. The fraction of sp³-hybridized carbons (Fsp3) is 0.294. The van der Waals surface area contributed by atoms with Gasteiger partial charge in [0.15, 0.2) is 0 Å². The molecular formula is C17H16FN3. The first kappa shape index (κ1) is 13.6. The summed E-state index contributed by atoms with van der Waals surface area (Å²) in [6, 6.07) is 8.46. The fourth-order valence-electron chi connectivity index (χ4n) is 3.03. The molecule has 1 aromatic carbocycles. The van der Waals surface area contributed by atoms with Crippen molar-refractivity contribution in [1.29, 1.82) is 5.26 Å². The predicted octanol–water partition coefficient (Wildman–Crippen LogP) is 3.47. The van der Waals surface area contributed by atoms with Crippen LogP contribution in [-0.2, 0) is 12.8 Å². The van der Waals surface area contributed by atoms with Crippen LogP contribution in [0, 0.1) is 23.1 Å². The summed E-state index contributed by atoms with van der Waals surface area (Å²) >= 11 is 0. The number of hydrogen-bond donors (Lipinski definition) is 1. The highest BCUT2D eigenvalue weighted by Gasteiger charge is 2.24. The molecule has 0 aliphatic heterocycles. The highest BCUT2D eigenvalue weighted by molar-refractivity contribution is 5.79. The molecule has 0 saturated carbocycles. The Bertz CT molecular complexity index is 746. The average molecular weight is 281 g/mol. The Morgan fingerprint density at radius 3 is 2.95 bits per heavy atom. The predicted molar refractivity (Wildman–Crippen MR) is 79.9 cm³/mol. The number of rotatable bonds is 1. The number of nitrogen functional groups attached to an aromatic ring is 1. The number of pyridine rings is 1. The number of hydrogen-bond acceptors (Lipinski definition) is 3. The molecule has 1 unspecified atom stereocenters. The molecule has 2 N–H and O–H groups in total. The van der Waals surface area contributed by atoms with Crippen LogP contribution in [0.1, 0.15) is 30.2 Å².